The number of nitrogens with one attached hydrogen (secondary N) is 2. The molecule has 2 aliphatic rings. The molecular weight excluding hydrogens is 252 g/mol. The van der Waals surface area contributed by atoms with Gasteiger partial charge in [0.25, 0.3) is 0 Å². The molecule has 2 bridgehead atoms. The molecule has 0 saturated heterocycles. The standard InChI is InChI=1S/C16H20N2O2/c19-15-11-5-4-6-12(15)10-13(9-11)16(20)18-17-14-7-2-1-3-8-14/h1-3,7-8,11-13,17H,4-6,9-10H2,(H,18,20). The fraction of sp³-hybridized carbons (Fsp3) is 0.500. The Labute approximate surface area is 118 Å². The Morgan fingerprint density at radius 1 is 1.05 bits per heavy atom. The van der Waals surface area contributed by atoms with Gasteiger partial charge in [0, 0.05) is 17.8 Å². The van der Waals surface area contributed by atoms with Gasteiger partial charge in [0.2, 0.25) is 5.91 Å². The molecule has 2 unspecified atom stereocenters. The monoisotopic (exact) mass is 272 g/mol. The zero-order valence-electron chi connectivity index (χ0n) is 11.5. The van der Waals surface area contributed by atoms with E-state index in [4.69, 9.17) is 0 Å². The number of hydrazine groups is 1. The molecule has 1 aromatic carbocycles. The van der Waals surface area contributed by atoms with Crippen molar-refractivity contribution in [2.75, 3.05) is 5.43 Å². The third-order valence-corrected chi connectivity index (χ3v) is 4.52. The average Bonchev–Trinajstić information content (AvgIpc) is 2.45. The molecule has 2 saturated carbocycles. The summed E-state index contributed by atoms with van der Waals surface area (Å²) in [5.74, 6) is 0.624. The van der Waals surface area contributed by atoms with Gasteiger partial charge in [-0.3, -0.25) is 20.4 Å². The zero-order chi connectivity index (χ0) is 13.9. The van der Waals surface area contributed by atoms with Gasteiger partial charge in [-0.25, -0.2) is 0 Å². The summed E-state index contributed by atoms with van der Waals surface area (Å²) in [7, 11) is 0. The molecule has 20 heavy (non-hydrogen) atoms. The van der Waals surface area contributed by atoms with Gasteiger partial charge in [-0.05, 0) is 37.8 Å². The number of hydrogen-bond donors (Lipinski definition) is 2. The second kappa shape index (κ2) is 5.65. The highest BCUT2D eigenvalue weighted by atomic mass is 16.2. The molecule has 3 rings (SSSR count). The molecule has 0 spiro atoms. The Bertz CT molecular complexity index is 484. The van der Waals surface area contributed by atoms with Crippen molar-refractivity contribution in [2.24, 2.45) is 17.8 Å². The Kier molecular flexibility index (Phi) is 3.72. The molecule has 1 amide bonds. The van der Waals surface area contributed by atoms with Crippen LogP contribution in [0.5, 0.6) is 0 Å². The van der Waals surface area contributed by atoms with Gasteiger partial charge in [0.05, 0.1) is 5.69 Å². The van der Waals surface area contributed by atoms with E-state index >= 15 is 0 Å². The summed E-state index contributed by atoms with van der Waals surface area (Å²) in [6.45, 7) is 0. The lowest BCUT2D eigenvalue weighted by Crippen LogP contribution is -2.43. The number of amides is 1. The number of carbonyl (C=O) groups excluding carboxylic acids is 2. The minimum absolute atomic E-state index is 0.0123. The number of Topliss-reactive ketones (excluding diaryl/α,β-unsaturated/α-hetero) is 1. The maximum atomic E-state index is 12.2. The van der Waals surface area contributed by atoms with Crippen LogP contribution < -0.4 is 10.9 Å². The summed E-state index contributed by atoms with van der Waals surface area (Å²) >= 11 is 0. The first-order valence-corrected chi connectivity index (χ1v) is 7.38. The largest absolute Gasteiger partial charge is 0.299 e. The zero-order valence-corrected chi connectivity index (χ0v) is 11.5. The summed E-state index contributed by atoms with van der Waals surface area (Å²) in [6.07, 6.45) is 4.50. The molecule has 2 aliphatic carbocycles. The predicted octanol–water partition coefficient (Wildman–Crippen LogP) is 2.53. The van der Waals surface area contributed by atoms with Crippen LogP contribution in [-0.4, -0.2) is 11.7 Å². The lowest BCUT2D eigenvalue weighted by atomic mass is 9.67. The van der Waals surface area contributed by atoms with Crippen molar-refractivity contribution in [3.05, 3.63) is 30.3 Å². The van der Waals surface area contributed by atoms with Gasteiger partial charge in [-0.2, -0.15) is 0 Å². The Morgan fingerprint density at radius 2 is 1.70 bits per heavy atom. The quantitative estimate of drug-likeness (QED) is 0.831. The minimum atomic E-state index is -0.0285. The Morgan fingerprint density at radius 3 is 2.35 bits per heavy atom. The molecule has 106 valence electrons. The van der Waals surface area contributed by atoms with Gasteiger partial charge in [0.15, 0.2) is 0 Å². The third kappa shape index (κ3) is 2.69. The average molecular weight is 272 g/mol. The molecule has 1 aromatic rings. The molecule has 2 atom stereocenters. The van der Waals surface area contributed by atoms with Crippen LogP contribution in [-0.2, 0) is 9.59 Å². The van der Waals surface area contributed by atoms with Crippen molar-refractivity contribution in [3.8, 4) is 0 Å². The van der Waals surface area contributed by atoms with E-state index in [0.29, 0.717) is 5.78 Å². The van der Waals surface area contributed by atoms with Crippen molar-refractivity contribution in [1.82, 2.24) is 5.43 Å². The second-order valence-electron chi connectivity index (χ2n) is 5.88. The van der Waals surface area contributed by atoms with Crippen LogP contribution in [0.1, 0.15) is 32.1 Å². The van der Waals surface area contributed by atoms with Gasteiger partial charge in [0.1, 0.15) is 5.78 Å². The normalized spacial score (nSPS) is 28.8. The van der Waals surface area contributed by atoms with Gasteiger partial charge in [-0.15, -0.1) is 0 Å². The van der Waals surface area contributed by atoms with Crippen LogP contribution in [0.4, 0.5) is 5.69 Å². The first-order valence-electron chi connectivity index (χ1n) is 7.38. The molecule has 4 heteroatoms. The van der Waals surface area contributed by atoms with Crippen LogP contribution in [0.25, 0.3) is 0 Å². The summed E-state index contributed by atoms with van der Waals surface area (Å²) < 4.78 is 0. The fourth-order valence-electron chi connectivity index (χ4n) is 3.45. The van der Waals surface area contributed by atoms with Crippen LogP contribution in [0.3, 0.4) is 0 Å². The third-order valence-electron chi connectivity index (χ3n) is 4.52. The van der Waals surface area contributed by atoms with Gasteiger partial charge in [-0.1, -0.05) is 24.6 Å². The summed E-state index contributed by atoms with van der Waals surface area (Å²) in [5.41, 5.74) is 6.58. The van der Waals surface area contributed by atoms with Gasteiger partial charge >= 0.3 is 0 Å². The number of anilines is 1. The van der Waals surface area contributed by atoms with E-state index in [9.17, 15) is 9.59 Å². The number of fused-ring (bicyclic) bond motifs is 2. The van der Waals surface area contributed by atoms with Crippen molar-refractivity contribution in [1.29, 1.82) is 0 Å². The van der Waals surface area contributed by atoms with Crippen molar-refractivity contribution < 1.29 is 9.59 Å². The topological polar surface area (TPSA) is 58.2 Å². The molecular formula is C16H20N2O2. The minimum Gasteiger partial charge on any atom is -0.299 e. The first kappa shape index (κ1) is 13.2. The maximum Gasteiger partial charge on any atom is 0.241 e. The molecule has 0 aliphatic heterocycles. The Hall–Kier alpha value is -1.84. The highest BCUT2D eigenvalue weighted by Crippen LogP contribution is 2.40. The Balaban J connectivity index is 1.57. The smallest absolute Gasteiger partial charge is 0.241 e. The number of benzene rings is 1. The number of para-hydroxylation sites is 1. The lowest BCUT2D eigenvalue weighted by Gasteiger charge is -2.36. The molecule has 0 heterocycles. The van der Waals surface area contributed by atoms with Gasteiger partial charge < -0.3 is 0 Å². The van der Waals surface area contributed by atoms with Crippen molar-refractivity contribution in [2.45, 2.75) is 32.1 Å². The van der Waals surface area contributed by atoms with E-state index < -0.39 is 0 Å². The SMILES string of the molecule is O=C(NNc1ccccc1)C1CC2CCCC(C1)C2=O. The number of ketones is 1. The van der Waals surface area contributed by atoms with Crippen molar-refractivity contribution in [3.63, 3.8) is 0 Å². The van der Waals surface area contributed by atoms with E-state index in [1.807, 2.05) is 30.3 Å². The number of carbonyl (C=O) groups is 2. The summed E-state index contributed by atoms with van der Waals surface area (Å²) in [5, 5.41) is 0. The van der Waals surface area contributed by atoms with Crippen LogP contribution in [0, 0.1) is 17.8 Å². The fourth-order valence-corrected chi connectivity index (χ4v) is 3.45. The number of hydrogen-bond acceptors (Lipinski definition) is 3. The summed E-state index contributed by atoms with van der Waals surface area (Å²) in [4.78, 5) is 24.2. The number of rotatable bonds is 3. The predicted molar refractivity (Wildman–Crippen MR) is 76.8 cm³/mol. The lowest BCUT2D eigenvalue weighted by molar-refractivity contribution is -0.137. The van der Waals surface area contributed by atoms with E-state index in [2.05, 4.69) is 10.9 Å². The van der Waals surface area contributed by atoms with E-state index in [1.165, 1.54) is 0 Å². The highest BCUT2D eigenvalue weighted by Gasteiger charge is 2.41. The molecule has 4 nitrogen and oxygen atoms in total. The molecule has 0 aromatic heterocycles. The molecule has 2 fully saturated rings. The summed E-state index contributed by atoms with van der Waals surface area (Å²) in [6, 6.07) is 9.57. The van der Waals surface area contributed by atoms with Crippen LogP contribution in [0.15, 0.2) is 30.3 Å². The van der Waals surface area contributed by atoms with Crippen LogP contribution >= 0.6 is 0 Å². The van der Waals surface area contributed by atoms with Crippen LogP contribution in [0.2, 0.25) is 0 Å². The second-order valence-corrected chi connectivity index (χ2v) is 5.88. The molecule has 0 radical (unpaired) electrons. The maximum absolute atomic E-state index is 12.2. The first-order chi connectivity index (χ1) is 9.74. The highest BCUT2D eigenvalue weighted by molar-refractivity contribution is 5.88. The van der Waals surface area contributed by atoms with E-state index in [-0.39, 0.29) is 23.7 Å². The van der Waals surface area contributed by atoms with E-state index in [0.717, 1.165) is 37.8 Å². The van der Waals surface area contributed by atoms with Crippen molar-refractivity contribution >= 4 is 17.4 Å². The molecule has 2 N–H and O–H groups in total. The van der Waals surface area contributed by atoms with E-state index in [1.54, 1.807) is 0 Å².